The molecule has 0 heterocycles. The van der Waals surface area contributed by atoms with Crippen molar-refractivity contribution in [3.05, 3.63) is 34.6 Å². The van der Waals surface area contributed by atoms with Gasteiger partial charge in [0.05, 0.1) is 11.1 Å². The first-order valence-corrected chi connectivity index (χ1v) is 7.57. The second kappa shape index (κ2) is 10.3. The Kier molecular flexibility index (Phi) is 10.0. The first-order valence-electron chi connectivity index (χ1n) is 7.19. The van der Waals surface area contributed by atoms with Crippen molar-refractivity contribution < 1.29 is 9.13 Å². The number of benzene rings is 1. The number of guanidine groups is 1. The molecular weight excluding hydrogens is 432 g/mol. The lowest BCUT2D eigenvalue weighted by molar-refractivity contribution is 0.0205. The first kappa shape index (κ1) is 22.4. The van der Waals surface area contributed by atoms with Gasteiger partial charge in [0.2, 0.25) is 0 Å². The van der Waals surface area contributed by atoms with Crippen LogP contribution < -0.4 is 10.6 Å². The molecule has 0 saturated heterocycles. The largest absolute Gasteiger partial charge is 0.379 e. The van der Waals surface area contributed by atoms with Gasteiger partial charge in [0.1, 0.15) is 5.82 Å². The lowest BCUT2D eigenvalue weighted by atomic mass is 9.89. The molecule has 0 aliphatic rings. The van der Waals surface area contributed by atoms with E-state index < -0.39 is 5.82 Å². The van der Waals surface area contributed by atoms with E-state index in [9.17, 15) is 4.39 Å². The van der Waals surface area contributed by atoms with E-state index >= 15 is 0 Å². The summed E-state index contributed by atoms with van der Waals surface area (Å²) >= 11 is 5.77. The van der Waals surface area contributed by atoms with Crippen LogP contribution in [-0.4, -0.2) is 32.8 Å². The van der Waals surface area contributed by atoms with Crippen molar-refractivity contribution in [2.75, 3.05) is 20.7 Å². The summed E-state index contributed by atoms with van der Waals surface area (Å²) in [4.78, 5) is 4.16. The average molecular weight is 458 g/mol. The van der Waals surface area contributed by atoms with E-state index in [0.29, 0.717) is 19.0 Å². The van der Waals surface area contributed by atoms with E-state index in [1.54, 1.807) is 26.3 Å². The summed E-state index contributed by atoms with van der Waals surface area (Å²) in [6.07, 6.45) is 0.0614. The maximum Gasteiger partial charge on any atom is 0.191 e. The second-order valence-electron chi connectivity index (χ2n) is 6.15. The molecule has 1 aromatic carbocycles. The second-order valence-corrected chi connectivity index (χ2v) is 6.55. The molecule has 0 bridgehead atoms. The van der Waals surface area contributed by atoms with E-state index in [2.05, 4.69) is 36.4 Å². The third-order valence-corrected chi connectivity index (χ3v) is 3.66. The van der Waals surface area contributed by atoms with Gasteiger partial charge < -0.3 is 15.4 Å². The van der Waals surface area contributed by atoms with Crippen LogP contribution in [0.5, 0.6) is 0 Å². The summed E-state index contributed by atoms with van der Waals surface area (Å²) in [6.45, 7) is 7.52. The van der Waals surface area contributed by atoms with Crippen molar-refractivity contribution in [3.8, 4) is 0 Å². The fourth-order valence-corrected chi connectivity index (χ4v) is 2.19. The maximum atomic E-state index is 13.1. The predicted octanol–water partition coefficient (Wildman–Crippen LogP) is 3.82. The summed E-state index contributed by atoms with van der Waals surface area (Å²) in [6, 6.07) is 4.65. The van der Waals surface area contributed by atoms with Gasteiger partial charge in [-0.1, -0.05) is 38.4 Å². The van der Waals surface area contributed by atoms with E-state index in [0.717, 1.165) is 5.56 Å². The van der Waals surface area contributed by atoms with Gasteiger partial charge in [0.25, 0.3) is 0 Å². The minimum Gasteiger partial charge on any atom is -0.379 e. The van der Waals surface area contributed by atoms with Crippen molar-refractivity contribution in [2.45, 2.75) is 33.4 Å². The number of hydrogen-bond donors (Lipinski definition) is 2. The highest BCUT2D eigenvalue weighted by molar-refractivity contribution is 14.0. The number of aliphatic imine (C=N–C) groups is 1. The van der Waals surface area contributed by atoms with Gasteiger partial charge >= 0.3 is 0 Å². The van der Waals surface area contributed by atoms with E-state index in [1.807, 2.05) is 0 Å². The van der Waals surface area contributed by atoms with Crippen LogP contribution >= 0.6 is 35.6 Å². The van der Waals surface area contributed by atoms with Gasteiger partial charge in [-0.25, -0.2) is 4.39 Å². The molecule has 0 aliphatic heterocycles. The molecule has 0 spiro atoms. The van der Waals surface area contributed by atoms with Crippen LogP contribution in [0.4, 0.5) is 4.39 Å². The Labute approximate surface area is 160 Å². The molecule has 0 fully saturated rings. The highest BCUT2D eigenvalue weighted by Gasteiger charge is 2.24. The maximum absolute atomic E-state index is 13.1. The topological polar surface area (TPSA) is 45.7 Å². The summed E-state index contributed by atoms with van der Waals surface area (Å²) in [5.74, 6) is 0.243. The van der Waals surface area contributed by atoms with Gasteiger partial charge in [0, 0.05) is 27.2 Å². The summed E-state index contributed by atoms with van der Waals surface area (Å²) in [5.41, 5.74) is 0.916. The zero-order valence-electron chi connectivity index (χ0n) is 14.2. The lowest BCUT2D eigenvalue weighted by Gasteiger charge is -2.30. The van der Waals surface area contributed by atoms with Crippen LogP contribution in [-0.2, 0) is 11.3 Å². The smallest absolute Gasteiger partial charge is 0.191 e. The Hall–Kier alpha value is -0.600. The Morgan fingerprint density at radius 2 is 2.00 bits per heavy atom. The van der Waals surface area contributed by atoms with Gasteiger partial charge in [-0.05, 0) is 23.1 Å². The van der Waals surface area contributed by atoms with Crippen molar-refractivity contribution in [3.63, 3.8) is 0 Å². The van der Waals surface area contributed by atoms with Crippen LogP contribution in [0.25, 0.3) is 0 Å². The summed E-state index contributed by atoms with van der Waals surface area (Å²) in [5, 5.41) is 6.52. The fraction of sp³-hybridized carbons (Fsp3) is 0.562. The molecule has 0 aromatic heterocycles. The summed E-state index contributed by atoms with van der Waals surface area (Å²) in [7, 11) is 3.40. The number of methoxy groups -OCH3 is 1. The number of nitrogens with one attached hydrogen (secondary N) is 2. The molecule has 7 heteroatoms. The predicted molar refractivity (Wildman–Crippen MR) is 105 cm³/mol. The molecule has 0 amide bonds. The lowest BCUT2D eigenvalue weighted by Crippen LogP contribution is -2.45. The molecule has 132 valence electrons. The molecule has 4 nitrogen and oxygen atoms in total. The molecule has 23 heavy (non-hydrogen) atoms. The number of rotatable bonds is 5. The standard InChI is InChI=1S/C16H25ClFN3O.HI/c1-16(2,3)14(22-5)10-21-15(19-4)20-9-11-6-7-13(18)12(17)8-11;/h6-8,14H,9-10H2,1-5H3,(H2,19,20,21);1H. The van der Waals surface area contributed by atoms with E-state index in [1.165, 1.54) is 6.07 Å². The number of hydrogen-bond acceptors (Lipinski definition) is 2. The molecule has 0 aliphatic carbocycles. The highest BCUT2D eigenvalue weighted by Crippen LogP contribution is 2.21. The molecule has 0 saturated carbocycles. The Balaban J connectivity index is 0.00000484. The monoisotopic (exact) mass is 457 g/mol. The van der Waals surface area contributed by atoms with Gasteiger partial charge in [-0.15, -0.1) is 24.0 Å². The fourth-order valence-electron chi connectivity index (χ4n) is 1.99. The zero-order chi connectivity index (χ0) is 16.8. The van der Waals surface area contributed by atoms with Gasteiger partial charge in [-0.3, -0.25) is 4.99 Å². The van der Waals surface area contributed by atoms with Crippen LogP contribution in [0.1, 0.15) is 26.3 Å². The van der Waals surface area contributed by atoms with E-state index in [4.69, 9.17) is 16.3 Å². The molecular formula is C16H26ClFIN3O. The van der Waals surface area contributed by atoms with E-state index in [-0.39, 0.29) is 40.5 Å². The Morgan fingerprint density at radius 1 is 1.35 bits per heavy atom. The summed E-state index contributed by atoms with van der Waals surface area (Å²) < 4.78 is 18.6. The third kappa shape index (κ3) is 7.67. The normalized spacial score (nSPS) is 13.3. The van der Waals surface area contributed by atoms with Crippen molar-refractivity contribution >= 4 is 41.5 Å². The molecule has 2 N–H and O–H groups in total. The number of halogens is 3. The van der Waals surface area contributed by atoms with Crippen molar-refractivity contribution in [2.24, 2.45) is 10.4 Å². The highest BCUT2D eigenvalue weighted by atomic mass is 127. The molecule has 1 atom stereocenters. The van der Waals surface area contributed by atoms with Crippen molar-refractivity contribution in [1.82, 2.24) is 10.6 Å². The average Bonchev–Trinajstić information content (AvgIpc) is 2.45. The van der Waals surface area contributed by atoms with Gasteiger partial charge in [0.15, 0.2) is 5.96 Å². The zero-order valence-corrected chi connectivity index (χ0v) is 17.3. The minimum absolute atomic E-state index is 0. The molecule has 1 aromatic rings. The SMILES string of the molecule is CN=C(NCc1ccc(F)c(Cl)c1)NCC(OC)C(C)(C)C.I. The quantitative estimate of drug-likeness (QED) is 0.401. The van der Waals surface area contributed by atoms with Crippen LogP contribution in [0.2, 0.25) is 5.02 Å². The van der Waals surface area contributed by atoms with Crippen molar-refractivity contribution in [1.29, 1.82) is 0 Å². The Bertz CT molecular complexity index is 521. The Morgan fingerprint density at radius 3 is 2.48 bits per heavy atom. The molecule has 1 rings (SSSR count). The van der Waals surface area contributed by atoms with Crippen LogP contribution in [0, 0.1) is 11.2 Å². The third-order valence-electron chi connectivity index (χ3n) is 3.37. The van der Waals surface area contributed by atoms with Crippen LogP contribution in [0.15, 0.2) is 23.2 Å². The minimum atomic E-state index is -0.416. The number of nitrogens with zero attached hydrogens (tertiary/aromatic N) is 1. The number of ether oxygens (including phenoxy) is 1. The molecule has 0 radical (unpaired) electrons. The van der Waals surface area contributed by atoms with Gasteiger partial charge in [-0.2, -0.15) is 0 Å². The first-order chi connectivity index (χ1) is 10.3. The molecule has 1 unspecified atom stereocenters. The van der Waals surface area contributed by atoms with Crippen LogP contribution in [0.3, 0.4) is 0 Å².